The topological polar surface area (TPSA) is 196 Å². The summed E-state index contributed by atoms with van der Waals surface area (Å²) in [5.41, 5.74) is 8.69. The standard InChI is InChI=1S/C18H21Cl2FN6O6/c1-32-9(4-11(21)25-14-12(22)13(23)26-17(20)27-14)7-33-18(15(28)29,16(30)31)5-8-2-3-10(19)24-6-8/h2-3,6,9,11H,4-5,7,22H2,1H3,(H,28,29)(H,30,31)(H3,23,25,26,27). The zero-order valence-electron chi connectivity index (χ0n) is 17.2. The lowest BCUT2D eigenvalue weighted by atomic mass is 9.95. The summed E-state index contributed by atoms with van der Waals surface area (Å²) in [4.78, 5) is 34.9. The van der Waals surface area contributed by atoms with Crippen LogP contribution in [0.15, 0.2) is 18.3 Å². The molecule has 2 aromatic heterocycles. The van der Waals surface area contributed by atoms with Crippen molar-refractivity contribution < 1.29 is 33.7 Å². The van der Waals surface area contributed by atoms with E-state index in [1.165, 1.54) is 25.4 Å². The maximum Gasteiger partial charge on any atom is 0.348 e. The Labute approximate surface area is 197 Å². The van der Waals surface area contributed by atoms with Gasteiger partial charge >= 0.3 is 11.9 Å². The van der Waals surface area contributed by atoms with E-state index in [-0.39, 0.29) is 33.3 Å². The monoisotopic (exact) mass is 506 g/mol. The van der Waals surface area contributed by atoms with Crippen LogP contribution >= 0.6 is 23.2 Å². The summed E-state index contributed by atoms with van der Waals surface area (Å²) < 4.78 is 25.0. The van der Waals surface area contributed by atoms with Gasteiger partial charge in [0.15, 0.2) is 17.9 Å². The third-order valence-electron chi connectivity index (χ3n) is 4.49. The summed E-state index contributed by atoms with van der Waals surface area (Å²) in [6, 6.07) is 2.79. The van der Waals surface area contributed by atoms with Gasteiger partial charge in [0.1, 0.15) is 10.8 Å². The molecule has 0 radical (unpaired) electrons. The molecule has 0 amide bonds. The van der Waals surface area contributed by atoms with Crippen molar-refractivity contribution in [2.45, 2.75) is 30.8 Å². The molecule has 7 N–H and O–H groups in total. The number of rotatable bonds is 12. The Morgan fingerprint density at radius 2 is 1.91 bits per heavy atom. The number of nitrogens with zero attached hydrogens (tertiary/aromatic N) is 3. The highest BCUT2D eigenvalue weighted by Crippen LogP contribution is 2.25. The van der Waals surface area contributed by atoms with E-state index in [0.717, 1.165) is 0 Å². The van der Waals surface area contributed by atoms with E-state index in [0.29, 0.717) is 0 Å². The molecule has 12 nitrogen and oxygen atoms in total. The maximum absolute atomic E-state index is 14.6. The summed E-state index contributed by atoms with van der Waals surface area (Å²) in [5, 5.41) is 21.5. The van der Waals surface area contributed by atoms with E-state index in [9.17, 15) is 24.2 Å². The van der Waals surface area contributed by atoms with Crippen LogP contribution in [0.3, 0.4) is 0 Å². The number of hydrogen-bond donors (Lipinski definition) is 5. The van der Waals surface area contributed by atoms with Crippen LogP contribution in [0.25, 0.3) is 0 Å². The van der Waals surface area contributed by atoms with Gasteiger partial charge in [0.25, 0.3) is 5.60 Å². The summed E-state index contributed by atoms with van der Waals surface area (Å²) >= 11 is 11.4. The molecule has 0 fully saturated rings. The molecule has 0 bridgehead atoms. The van der Waals surface area contributed by atoms with Gasteiger partial charge in [-0.25, -0.2) is 19.0 Å². The highest BCUT2D eigenvalue weighted by molar-refractivity contribution is 6.29. The first-order chi connectivity index (χ1) is 15.5. The number of pyridine rings is 1. The van der Waals surface area contributed by atoms with Crippen LogP contribution in [0.2, 0.25) is 10.4 Å². The lowest BCUT2D eigenvalue weighted by molar-refractivity contribution is -0.187. The van der Waals surface area contributed by atoms with Crippen LogP contribution in [0, 0.1) is 0 Å². The van der Waals surface area contributed by atoms with E-state index in [2.05, 4.69) is 20.3 Å². The van der Waals surface area contributed by atoms with E-state index >= 15 is 0 Å². The summed E-state index contributed by atoms with van der Waals surface area (Å²) in [7, 11) is 1.22. The van der Waals surface area contributed by atoms with Crippen molar-refractivity contribution in [2.75, 3.05) is 30.5 Å². The summed E-state index contributed by atoms with van der Waals surface area (Å²) in [5.74, 6) is -3.82. The number of nitrogens with one attached hydrogen (secondary N) is 1. The summed E-state index contributed by atoms with van der Waals surface area (Å²) in [6.07, 6.45) is -2.61. The largest absolute Gasteiger partial charge is 0.479 e. The van der Waals surface area contributed by atoms with Gasteiger partial charge in [0.05, 0.1) is 12.7 Å². The van der Waals surface area contributed by atoms with Gasteiger partial charge in [-0.3, -0.25) is 0 Å². The Kier molecular flexibility index (Phi) is 8.93. The SMILES string of the molecule is COC(COC(Cc1ccc(Cl)nc1)(C(=O)O)C(=O)O)CC(F)Nc1nc(Cl)nc(N)c1N. The summed E-state index contributed by atoms with van der Waals surface area (Å²) in [6.45, 7) is -0.569. The number of hydrogen-bond acceptors (Lipinski definition) is 10. The molecule has 2 unspecified atom stereocenters. The highest BCUT2D eigenvalue weighted by Gasteiger charge is 2.49. The second kappa shape index (κ2) is 11.2. The van der Waals surface area contributed by atoms with E-state index in [1.54, 1.807) is 0 Å². The molecule has 2 aromatic rings. The molecule has 15 heteroatoms. The molecule has 0 saturated carbocycles. The Morgan fingerprint density at radius 3 is 2.45 bits per heavy atom. The van der Waals surface area contributed by atoms with Crippen LogP contribution < -0.4 is 16.8 Å². The first kappa shape index (κ1) is 26.3. The number of ether oxygens (including phenoxy) is 2. The average molecular weight is 507 g/mol. The van der Waals surface area contributed by atoms with Gasteiger partial charge in [-0.1, -0.05) is 17.7 Å². The second-order valence-corrected chi connectivity index (χ2v) is 7.49. The molecule has 0 aliphatic carbocycles. The minimum atomic E-state index is -2.68. The molecule has 0 saturated heterocycles. The number of halogens is 3. The number of nitrogens with two attached hydrogens (primary N) is 2. The molecule has 0 aliphatic rings. The van der Waals surface area contributed by atoms with Crippen molar-refractivity contribution in [3.05, 3.63) is 34.3 Å². The molecule has 2 rings (SSSR count). The van der Waals surface area contributed by atoms with Crippen LogP contribution in [0.5, 0.6) is 0 Å². The second-order valence-electron chi connectivity index (χ2n) is 6.76. The fourth-order valence-corrected chi connectivity index (χ4v) is 2.98. The predicted octanol–water partition coefficient (Wildman–Crippen LogP) is 1.62. The fourth-order valence-electron chi connectivity index (χ4n) is 2.69. The Hall–Kier alpha value is -3.00. The number of alkyl halides is 1. The molecular weight excluding hydrogens is 486 g/mol. The van der Waals surface area contributed by atoms with Crippen LogP contribution in [0.1, 0.15) is 12.0 Å². The van der Waals surface area contributed by atoms with Gasteiger partial charge in [-0.05, 0) is 23.2 Å². The number of carboxylic acid groups (broad SMARTS) is 2. The number of anilines is 3. The normalized spacial score (nSPS) is 13.3. The number of carboxylic acids is 2. The van der Waals surface area contributed by atoms with Crippen molar-refractivity contribution in [3.63, 3.8) is 0 Å². The van der Waals surface area contributed by atoms with E-state index in [4.69, 9.17) is 44.1 Å². The van der Waals surface area contributed by atoms with Crippen molar-refractivity contribution in [1.82, 2.24) is 15.0 Å². The molecule has 0 spiro atoms. The zero-order chi connectivity index (χ0) is 24.8. The van der Waals surface area contributed by atoms with Gasteiger partial charge < -0.3 is 36.5 Å². The third-order valence-corrected chi connectivity index (χ3v) is 4.89. The van der Waals surface area contributed by atoms with Gasteiger partial charge in [0, 0.05) is 26.1 Å². The van der Waals surface area contributed by atoms with Crippen molar-refractivity contribution in [2.24, 2.45) is 0 Å². The number of carbonyl (C=O) groups is 2. The average Bonchev–Trinajstić information content (AvgIpc) is 2.74. The van der Waals surface area contributed by atoms with Crippen molar-refractivity contribution in [1.29, 1.82) is 0 Å². The lowest BCUT2D eigenvalue weighted by Crippen LogP contribution is -2.52. The number of methoxy groups -OCH3 is 1. The molecule has 33 heavy (non-hydrogen) atoms. The predicted molar refractivity (Wildman–Crippen MR) is 117 cm³/mol. The molecule has 0 aliphatic heterocycles. The smallest absolute Gasteiger partial charge is 0.348 e. The number of nitrogen functional groups attached to an aromatic ring is 2. The van der Waals surface area contributed by atoms with Crippen molar-refractivity contribution >= 4 is 52.5 Å². The number of aliphatic carboxylic acids is 2. The quantitative estimate of drug-likeness (QED) is 0.121. The molecule has 2 heterocycles. The van der Waals surface area contributed by atoms with Gasteiger partial charge in [-0.2, -0.15) is 9.97 Å². The highest BCUT2D eigenvalue weighted by atomic mass is 35.5. The minimum Gasteiger partial charge on any atom is -0.479 e. The minimum absolute atomic E-state index is 0.125. The zero-order valence-corrected chi connectivity index (χ0v) is 18.7. The van der Waals surface area contributed by atoms with Crippen LogP contribution in [-0.4, -0.2) is 68.8 Å². The molecular formula is C18H21Cl2FN6O6. The first-order valence-corrected chi connectivity index (χ1v) is 9.97. The fraction of sp³-hybridized carbons (Fsp3) is 0.389. The van der Waals surface area contributed by atoms with Crippen LogP contribution in [0.4, 0.5) is 21.7 Å². The first-order valence-electron chi connectivity index (χ1n) is 9.21. The number of aromatic nitrogens is 3. The van der Waals surface area contributed by atoms with E-state index < -0.39 is 49.4 Å². The van der Waals surface area contributed by atoms with Gasteiger partial charge in [0.2, 0.25) is 5.28 Å². The van der Waals surface area contributed by atoms with E-state index in [1.807, 2.05) is 0 Å². The lowest BCUT2D eigenvalue weighted by Gasteiger charge is -2.28. The molecule has 180 valence electrons. The molecule has 2 atom stereocenters. The maximum atomic E-state index is 14.6. The molecule has 0 aromatic carbocycles. The van der Waals surface area contributed by atoms with Crippen molar-refractivity contribution in [3.8, 4) is 0 Å². The Morgan fingerprint density at radius 1 is 1.24 bits per heavy atom. The van der Waals surface area contributed by atoms with Gasteiger partial charge in [-0.15, -0.1) is 0 Å². The third kappa shape index (κ3) is 6.74. The van der Waals surface area contributed by atoms with Crippen LogP contribution in [-0.2, 0) is 25.5 Å². The Bertz CT molecular complexity index is 985. The Balaban J connectivity index is 2.12.